The van der Waals surface area contributed by atoms with Gasteiger partial charge in [0.1, 0.15) is 5.82 Å². The molecule has 2 N–H and O–H groups in total. The molecule has 0 aliphatic heterocycles. The van der Waals surface area contributed by atoms with Crippen molar-refractivity contribution in [2.75, 3.05) is 18.0 Å². The second-order valence-corrected chi connectivity index (χ2v) is 4.59. The van der Waals surface area contributed by atoms with Gasteiger partial charge in [-0.2, -0.15) is 5.10 Å². The van der Waals surface area contributed by atoms with Crippen molar-refractivity contribution in [1.82, 2.24) is 9.78 Å². The van der Waals surface area contributed by atoms with Crippen LogP contribution < -0.4 is 10.6 Å². The van der Waals surface area contributed by atoms with Crippen molar-refractivity contribution in [2.24, 2.45) is 12.8 Å². The van der Waals surface area contributed by atoms with Crippen LogP contribution in [0.2, 0.25) is 0 Å². The van der Waals surface area contributed by atoms with E-state index in [2.05, 4.69) is 37.7 Å². The van der Waals surface area contributed by atoms with Crippen LogP contribution in [0.5, 0.6) is 0 Å². The lowest BCUT2D eigenvalue weighted by Gasteiger charge is -2.30. The first-order chi connectivity index (χ1) is 8.06. The number of aromatic nitrogens is 2. The Labute approximate surface area is 105 Å². The van der Waals surface area contributed by atoms with E-state index in [4.69, 9.17) is 5.73 Å². The molecule has 4 heteroatoms. The maximum Gasteiger partial charge on any atom is 0.130 e. The molecule has 4 nitrogen and oxygen atoms in total. The van der Waals surface area contributed by atoms with Crippen molar-refractivity contribution < 1.29 is 0 Å². The van der Waals surface area contributed by atoms with Gasteiger partial charge in [-0.3, -0.25) is 4.68 Å². The molecule has 17 heavy (non-hydrogen) atoms. The van der Waals surface area contributed by atoms with E-state index in [-0.39, 0.29) is 0 Å². The van der Waals surface area contributed by atoms with Gasteiger partial charge < -0.3 is 10.6 Å². The Morgan fingerprint density at radius 1 is 1.41 bits per heavy atom. The summed E-state index contributed by atoms with van der Waals surface area (Å²) in [5.74, 6) is 1.24. The molecule has 0 fully saturated rings. The summed E-state index contributed by atoms with van der Waals surface area (Å²) < 4.78 is 2.00. The molecule has 0 spiro atoms. The van der Waals surface area contributed by atoms with Gasteiger partial charge in [0.2, 0.25) is 0 Å². The van der Waals surface area contributed by atoms with Gasteiger partial charge in [-0.05, 0) is 40.2 Å². The summed E-state index contributed by atoms with van der Waals surface area (Å²) in [5, 5.41) is 4.53. The van der Waals surface area contributed by atoms with Crippen molar-refractivity contribution >= 4 is 5.82 Å². The third-order valence-electron chi connectivity index (χ3n) is 3.44. The molecule has 0 radical (unpaired) electrons. The van der Waals surface area contributed by atoms with E-state index in [0.717, 1.165) is 25.1 Å². The Hall–Kier alpha value is -1.03. The van der Waals surface area contributed by atoms with Gasteiger partial charge in [0.15, 0.2) is 0 Å². The maximum absolute atomic E-state index is 5.70. The molecule has 0 aliphatic rings. The molecule has 0 bridgehead atoms. The Kier molecular flexibility index (Phi) is 5.00. The van der Waals surface area contributed by atoms with Gasteiger partial charge in [-0.1, -0.05) is 6.92 Å². The van der Waals surface area contributed by atoms with E-state index in [1.54, 1.807) is 0 Å². The Morgan fingerprint density at radius 2 is 2.06 bits per heavy atom. The lowest BCUT2D eigenvalue weighted by atomic mass is 10.1. The molecule has 1 aromatic rings. The van der Waals surface area contributed by atoms with E-state index < -0.39 is 0 Å². The van der Waals surface area contributed by atoms with Gasteiger partial charge in [-0.15, -0.1) is 0 Å². The normalized spacial score (nSPS) is 12.8. The molecule has 1 unspecified atom stereocenters. The minimum absolute atomic E-state index is 0.534. The average Bonchev–Trinajstić information content (AvgIpc) is 2.57. The minimum atomic E-state index is 0.534. The van der Waals surface area contributed by atoms with Crippen LogP contribution in [0.1, 0.15) is 38.4 Å². The molecule has 98 valence electrons. The first kappa shape index (κ1) is 14.0. The fraction of sp³-hybridized carbons (Fsp3) is 0.769. The number of aryl methyl sites for hydroxylation is 2. The lowest BCUT2D eigenvalue weighted by molar-refractivity contribution is 0.598. The van der Waals surface area contributed by atoms with Crippen molar-refractivity contribution in [3.63, 3.8) is 0 Å². The van der Waals surface area contributed by atoms with Gasteiger partial charge in [0.05, 0.1) is 5.69 Å². The highest BCUT2D eigenvalue weighted by Crippen LogP contribution is 2.25. The smallest absolute Gasteiger partial charge is 0.130 e. The third kappa shape index (κ3) is 2.80. The summed E-state index contributed by atoms with van der Waals surface area (Å²) in [5.41, 5.74) is 8.11. The summed E-state index contributed by atoms with van der Waals surface area (Å²) >= 11 is 0. The van der Waals surface area contributed by atoms with E-state index in [1.807, 2.05) is 11.7 Å². The zero-order chi connectivity index (χ0) is 13.0. The van der Waals surface area contributed by atoms with E-state index in [9.17, 15) is 0 Å². The van der Waals surface area contributed by atoms with E-state index >= 15 is 0 Å². The standard InChI is InChI=1S/C13H26N4/c1-6-10(3)17(7-2)13-12(8-9-14)11(4)15-16(13)5/h10H,6-9,14H2,1-5H3. The maximum atomic E-state index is 5.70. The molecule has 0 amide bonds. The third-order valence-corrected chi connectivity index (χ3v) is 3.44. The highest BCUT2D eigenvalue weighted by molar-refractivity contribution is 5.51. The van der Waals surface area contributed by atoms with Crippen molar-refractivity contribution in [3.05, 3.63) is 11.3 Å². The number of rotatable bonds is 6. The van der Waals surface area contributed by atoms with Crippen LogP contribution in [-0.4, -0.2) is 28.9 Å². The zero-order valence-corrected chi connectivity index (χ0v) is 11.8. The molecular formula is C13H26N4. The van der Waals surface area contributed by atoms with Crippen LogP contribution in [0.25, 0.3) is 0 Å². The number of hydrogen-bond donors (Lipinski definition) is 1. The fourth-order valence-electron chi connectivity index (χ4n) is 2.38. The van der Waals surface area contributed by atoms with E-state index in [0.29, 0.717) is 12.6 Å². The van der Waals surface area contributed by atoms with Gasteiger partial charge in [-0.25, -0.2) is 0 Å². The second-order valence-electron chi connectivity index (χ2n) is 4.59. The SMILES string of the molecule is CCC(C)N(CC)c1c(CCN)c(C)nn1C. The summed E-state index contributed by atoms with van der Waals surface area (Å²) in [7, 11) is 2.02. The van der Waals surface area contributed by atoms with Crippen molar-refractivity contribution in [3.8, 4) is 0 Å². The van der Waals surface area contributed by atoms with Crippen LogP contribution >= 0.6 is 0 Å². The Balaban J connectivity index is 3.17. The van der Waals surface area contributed by atoms with Crippen LogP contribution in [-0.2, 0) is 13.5 Å². The molecule has 0 saturated heterocycles. The highest BCUT2D eigenvalue weighted by atomic mass is 15.4. The summed E-state index contributed by atoms with van der Waals surface area (Å²) in [6.07, 6.45) is 2.04. The van der Waals surface area contributed by atoms with Gasteiger partial charge in [0, 0.05) is 25.2 Å². The van der Waals surface area contributed by atoms with Crippen LogP contribution in [0.4, 0.5) is 5.82 Å². The molecule has 0 saturated carbocycles. The number of hydrogen-bond acceptors (Lipinski definition) is 3. The molecule has 1 aromatic heterocycles. The molecular weight excluding hydrogens is 212 g/mol. The van der Waals surface area contributed by atoms with Gasteiger partial charge >= 0.3 is 0 Å². The number of nitrogens with two attached hydrogens (primary N) is 1. The van der Waals surface area contributed by atoms with Gasteiger partial charge in [0.25, 0.3) is 0 Å². The fourth-order valence-corrected chi connectivity index (χ4v) is 2.38. The van der Waals surface area contributed by atoms with E-state index in [1.165, 1.54) is 11.4 Å². The quantitative estimate of drug-likeness (QED) is 0.823. The van der Waals surface area contributed by atoms with Crippen LogP contribution in [0.3, 0.4) is 0 Å². The summed E-state index contributed by atoms with van der Waals surface area (Å²) in [4.78, 5) is 2.42. The zero-order valence-electron chi connectivity index (χ0n) is 11.8. The van der Waals surface area contributed by atoms with Crippen molar-refractivity contribution in [2.45, 2.75) is 46.6 Å². The lowest BCUT2D eigenvalue weighted by Crippen LogP contribution is -2.34. The predicted octanol–water partition coefficient (Wildman–Crippen LogP) is 1.85. The van der Waals surface area contributed by atoms with Crippen LogP contribution in [0.15, 0.2) is 0 Å². The summed E-state index contributed by atoms with van der Waals surface area (Å²) in [6, 6.07) is 0.534. The first-order valence-electron chi connectivity index (χ1n) is 6.55. The number of anilines is 1. The minimum Gasteiger partial charge on any atom is -0.354 e. The molecule has 0 aliphatic carbocycles. The molecule has 1 rings (SSSR count). The molecule has 1 heterocycles. The molecule has 0 aromatic carbocycles. The second kappa shape index (κ2) is 6.05. The number of nitrogens with zero attached hydrogens (tertiary/aromatic N) is 3. The highest BCUT2D eigenvalue weighted by Gasteiger charge is 2.20. The Morgan fingerprint density at radius 3 is 2.53 bits per heavy atom. The van der Waals surface area contributed by atoms with Crippen LogP contribution in [0, 0.1) is 6.92 Å². The Bertz CT molecular complexity index is 357. The summed E-state index contributed by atoms with van der Waals surface area (Å²) in [6.45, 7) is 10.4. The van der Waals surface area contributed by atoms with Crippen molar-refractivity contribution in [1.29, 1.82) is 0 Å². The molecule has 1 atom stereocenters. The monoisotopic (exact) mass is 238 g/mol. The first-order valence-corrected chi connectivity index (χ1v) is 6.55. The predicted molar refractivity (Wildman–Crippen MR) is 73.5 cm³/mol. The topological polar surface area (TPSA) is 47.1 Å². The largest absolute Gasteiger partial charge is 0.354 e. The average molecular weight is 238 g/mol.